The first-order valence-electron chi connectivity index (χ1n) is 7.38. The Morgan fingerprint density at radius 2 is 1.90 bits per heavy atom. The lowest BCUT2D eigenvalue weighted by atomic mass is 10.1. The quantitative estimate of drug-likeness (QED) is 0.885. The van der Waals surface area contributed by atoms with Gasteiger partial charge in [-0.25, -0.2) is 9.97 Å². The van der Waals surface area contributed by atoms with Crippen molar-refractivity contribution in [2.24, 2.45) is 0 Å². The van der Waals surface area contributed by atoms with Crippen LogP contribution >= 0.6 is 0 Å². The van der Waals surface area contributed by atoms with Crippen molar-refractivity contribution in [3.05, 3.63) is 42.2 Å². The van der Waals surface area contributed by atoms with E-state index in [1.165, 1.54) is 5.56 Å². The largest absolute Gasteiger partial charge is 0.338 e. The fourth-order valence-corrected chi connectivity index (χ4v) is 2.56. The molecule has 1 aliphatic rings. The number of rotatable bonds is 4. The van der Waals surface area contributed by atoms with Gasteiger partial charge in [0, 0.05) is 50.7 Å². The average molecular weight is 283 g/mol. The molecule has 2 N–H and O–H groups in total. The predicted molar refractivity (Wildman–Crippen MR) is 85.3 cm³/mol. The van der Waals surface area contributed by atoms with E-state index in [-0.39, 0.29) is 0 Å². The summed E-state index contributed by atoms with van der Waals surface area (Å²) in [7, 11) is 1.96. The van der Waals surface area contributed by atoms with Crippen molar-refractivity contribution in [3.8, 4) is 11.1 Å². The molecule has 0 unspecified atom stereocenters. The summed E-state index contributed by atoms with van der Waals surface area (Å²) in [6, 6.07) is 8.48. The molecular formula is C16H21N5. The fourth-order valence-electron chi connectivity index (χ4n) is 2.56. The van der Waals surface area contributed by atoms with Gasteiger partial charge in [0.25, 0.3) is 0 Å². The van der Waals surface area contributed by atoms with E-state index in [1.807, 2.05) is 19.4 Å². The first kappa shape index (κ1) is 14.0. The molecule has 5 nitrogen and oxygen atoms in total. The van der Waals surface area contributed by atoms with Gasteiger partial charge in [0.15, 0.2) is 0 Å². The number of piperazine rings is 1. The molecule has 1 fully saturated rings. The molecule has 1 saturated heterocycles. The molecule has 110 valence electrons. The Morgan fingerprint density at radius 1 is 1.14 bits per heavy atom. The number of aromatic nitrogens is 2. The summed E-state index contributed by atoms with van der Waals surface area (Å²) in [5.41, 5.74) is 3.49. The lowest BCUT2D eigenvalue weighted by Crippen LogP contribution is -2.44. The molecule has 0 saturated carbocycles. The number of hydrogen-bond donors (Lipinski definition) is 2. The van der Waals surface area contributed by atoms with Gasteiger partial charge in [0.05, 0.1) is 0 Å². The van der Waals surface area contributed by atoms with E-state index in [2.05, 4.69) is 49.8 Å². The van der Waals surface area contributed by atoms with Crippen molar-refractivity contribution in [1.82, 2.24) is 20.6 Å². The third-order valence-corrected chi connectivity index (χ3v) is 3.68. The van der Waals surface area contributed by atoms with Gasteiger partial charge < -0.3 is 15.5 Å². The molecule has 5 heteroatoms. The van der Waals surface area contributed by atoms with Crippen LogP contribution in [-0.2, 0) is 6.54 Å². The number of nitrogens with zero attached hydrogens (tertiary/aromatic N) is 3. The summed E-state index contributed by atoms with van der Waals surface area (Å²) in [6.07, 6.45) is 3.84. The summed E-state index contributed by atoms with van der Waals surface area (Å²) in [4.78, 5) is 11.3. The van der Waals surface area contributed by atoms with E-state index in [4.69, 9.17) is 0 Å². The van der Waals surface area contributed by atoms with Crippen LogP contribution < -0.4 is 15.5 Å². The lowest BCUT2D eigenvalue weighted by Gasteiger charge is -2.27. The van der Waals surface area contributed by atoms with E-state index < -0.39 is 0 Å². The Hall–Kier alpha value is -1.98. The second-order valence-electron chi connectivity index (χ2n) is 5.24. The van der Waals surface area contributed by atoms with Crippen molar-refractivity contribution < 1.29 is 0 Å². The van der Waals surface area contributed by atoms with Crippen LogP contribution in [0.3, 0.4) is 0 Å². The van der Waals surface area contributed by atoms with Crippen molar-refractivity contribution in [1.29, 1.82) is 0 Å². The van der Waals surface area contributed by atoms with Crippen molar-refractivity contribution in [2.45, 2.75) is 6.54 Å². The van der Waals surface area contributed by atoms with Crippen LogP contribution in [0.5, 0.6) is 0 Å². The summed E-state index contributed by atoms with van der Waals surface area (Å²) in [6.45, 7) is 4.80. The summed E-state index contributed by atoms with van der Waals surface area (Å²) < 4.78 is 0. The van der Waals surface area contributed by atoms with E-state index in [1.54, 1.807) is 0 Å². The van der Waals surface area contributed by atoms with Crippen LogP contribution in [0.25, 0.3) is 11.1 Å². The second kappa shape index (κ2) is 6.65. The Morgan fingerprint density at radius 3 is 2.62 bits per heavy atom. The molecule has 1 aromatic heterocycles. The number of hydrogen-bond acceptors (Lipinski definition) is 5. The molecule has 0 aliphatic carbocycles. The van der Waals surface area contributed by atoms with Gasteiger partial charge >= 0.3 is 0 Å². The molecule has 0 bridgehead atoms. The van der Waals surface area contributed by atoms with Crippen LogP contribution in [0.15, 0.2) is 36.7 Å². The molecule has 2 heterocycles. The highest BCUT2D eigenvalue weighted by molar-refractivity contribution is 5.63. The van der Waals surface area contributed by atoms with Crippen molar-refractivity contribution in [3.63, 3.8) is 0 Å². The van der Waals surface area contributed by atoms with Gasteiger partial charge in [-0.1, -0.05) is 18.2 Å². The average Bonchev–Trinajstić information content (AvgIpc) is 2.56. The highest BCUT2D eigenvalue weighted by Crippen LogP contribution is 2.20. The number of anilines is 1. The van der Waals surface area contributed by atoms with Crippen molar-refractivity contribution in [2.75, 3.05) is 38.1 Å². The maximum Gasteiger partial charge on any atom is 0.225 e. The molecule has 0 atom stereocenters. The molecular weight excluding hydrogens is 262 g/mol. The highest BCUT2D eigenvalue weighted by atomic mass is 15.3. The first-order chi connectivity index (χ1) is 10.4. The van der Waals surface area contributed by atoms with Gasteiger partial charge in [0.1, 0.15) is 0 Å². The zero-order valence-electron chi connectivity index (χ0n) is 12.3. The zero-order chi connectivity index (χ0) is 14.5. The van der Waals surface area contributed by atoms with E-state index in [0.29, 0.717) is 0 Å². The van der Waals surface area contributed by atoms with E-state index >= 15 is 0 Å². The summed E-state index contributed by atoms with van der Waals surface area (Å²) in [5.74, 6) is 0.826. The summed E-state index contributed by atoms with van der Waals surface area (Å²) in [5, 5.41) is 6.51. The highest BCUT2D eigenvalue weighted by Gasteiger charge is 2.12. The molecule has 3 rings (SSSR count). The van der Waals surface area contributed by atoms with Gasteiger partial charge in [-0.15, -0.1) is 0 Å². The SMILES string of the molecule is CNCc1cccc(-c2cnc(N3CCNCC3)nc2)c1. The molecule has 0 amide bonds. The smallest absolute Gasteiger partial charge is 0.225 e. The first-order valence-corrected chi connectivity index (χ1v) is 7.38. The minimum atomic E-state index is 0.826. The Labute approximate surface area is 125 Å². The standard InChI is InChI=1S/C16H21N5/c1-17-10-13-3-2-4-14(9-13)15-11-19-16(20-12-15)21-7-5-18-6-8-21/h2-4,9,11-12,17-18H,5-8,10H2,1H3. The lowest BCUT2D eigenvalue weighted by molar-refractivity contribution is 0.580. The van der Waals surface area contributed by atoms with E-state index in [9.17, 15) is 0 Å². The van der Waals surface area contributed by atoms with Gasteiger partial charge in [-0.05, 0) is 24.2 Å². The van der Waals surface area contributed by atoms with Gasteiger partial charge in [-0.2, -0.15) is 0 Å². The molecule has 0 spiro atoms. The van der Waals surface area contributed by atoms with Crippen LogP contribution in [0.4, 0.5) is 5.95 Å². The molecule has 1 aromatic carbocycles. The van der Waals surface area contributed by atoms with Gasteiger partial charge in [-0.3, -0.25) is 0 Å². The number of benzene rings is 1. The fraction of sp³-hybridized carbons (Fsp3) is 0.375. The third kappa shape index (κ3) is 3.37. The van der Waals surface area contributed by atoms with Crippen LogP contribution in [0.1, 0.15) is 5.56 Å². The zero-order valence-corrected chi connectivity index (χ0v) is 12.3. The maximum atomic E-state index is 4.53. The normalized spacial score (nSPS) is 15.2. The van der Waals surface area contributed by atoms with Crippen molar-refractivity contribution >= 4 is 5.95 Å². The summed E-state index contributed by atoms with van der Waals surface area (Å²) >= 11 is 0. The molecule has 1 aliphatic heterocycles. The Balaban J connectivity index is 1.78. The number of nitrogens with one attached hydrogen (secondary N) is 2. The predicted octanol–water partition coefficient (Wildman–Crippen LogP) is 1.27. The van der Waals surface area contributed by atoms with E-state index in [0.717, 1.165) is 49.8 Å². The second-order valence-corrected chi connectivity index (χ2v) is 5.24. The Bertz CT molecular complexity index is 575. The maximum absolute atomic E-state index is 4.53. The van der Waals surface area contributed by atoms with Crippen LogP contribution in [-0.4, -0.2) is 43.2 Å². The molecule has 0 radical (unpaired) electrons. The minimum Gasteiger partial charge on any atom is -0.338 e. The minimum absolute atomic E-state index is 0.826. The topological polar surface area (TPSA) is 53.1 Å². The molecule has 2 aromatic rings. The monoisotopic (exact) mass is 283 g/mol. The molecule has 21 heavy (non-hydrogen) atoms. The third-order valence-electron chi connectivity index (χ3n) is 3.68. The van der Waals surface area contributed by atoms with Crippen LogP contribution in [0, 0.1) is 0 Å². The Kier molecular flexibility index (Phi) is 4.43. The van der Waals surface area contributed by atoms with Crippen LogP contribution in [0.2, 0.25) is 0 Å². The van der Waals surface area contributed by atoms with Gasteiger partial charge in [0.2, 0.25) is 5.95 Å².